The van der Waals surface area contributed by atoms with E-state index in [0.29, 0.717) is 38.0 Å². The summed E-state index contributed by atoms with van der Waals surface area (Å²) in [6.07, 6.45) is 3.79. The van der Waals surface area contributed by atoms with Crippen molar-refractivity contribution in [3.8, 4) is 5.75 Å². The van der Waals surface area contributed by atoms with E-state index in [1.165, 1.54) is 11.0 Å². The third kappa shape index (κ3) is 6.90. The van der Waals surface area contributed by atoms with Crippen LogP contribution in [0, 0.1) is 11.2 Å². The molecule has 1 atom stereocenters. The molecule has 1 saturated carbocycles. The van der Waals surface area contributed by atoms with Gasteiger partial charge < -0.3 is 9.64 Å². The molecule has 31 heavy (non-hydrogen) atoms. The number of benzene rings is 1. The van der Waals surface area contributed by atoms with Crippen molar-refractivity contribution in [1.29, 1.82) is 0 Å². The van der Waals surface area contributed by atoms with E-state index in [-0.39, 0.29) is 29.4 Å². The van der Waals surface area contributed by atoms with Crippen LogP contribution < -0.4 is 14.8 Å². The number of hydrogen-bond donors (Lipinski definition) is 2. The molecule has 3 rings (SSSR count). The van der Waals surface area contributed by atoms with Crippen molar-refractivity contribution in [2.24, 2.45) is 5.41 Å². The Bertz CT molecular complexity index is 933. The second-order valence-corrected chi connectivity index (χ2v) is 10.7. The maximum absolute atomic E-state index is 14.1. The highest BCUT2D eigenvalue weighted by molar-refractivity contribution is 7.89. The molecule has 0 bridgehead atoms. The summed E-state index contributed by atoms with van der Waals surface area (Å²) < 4.78 is 47.1. The predicted octanol–water partition coefficient (Wildman–Crippen LogP) is 2.71. The van der Waals surface area contributed by atoms with Gasteiger partial charge in [-0.25, -0.2) is 22.3 Å². The largest absolute Gasteiger partial charge is 0.490 e. The number of carbonyl (C=O) groups excluding carboxylic acids is 2. The van der Waals surface area contributed by atoms with Crippen LogP contribution in [0.3, 0.4) is 0 Å². The van der Waals surface area contributed by atoms with Gasteiger partial charge in [-0.3, -0.25) is 10.1 Å². The molecule has 172 valence electrons. The zero-order valence-corrected chi connectivity index (χ0v) is 18.8. The van der Waals surface area contributed by atoms with Crippen LogP contribution in [0.15, 0.2) is 18.2 Å². The van der Waals surface area contributed by atoms with Gasteiger partial charge in [0.05, 0.1) is 12.4 Å². The summed E-state index contributed by atoms with van der Waals surface area (Å²) >= 11 is 0. The number of ether oxygens (including phenoxy) is 1. The van der Waals surface area contributed by atoms with Gasteiger partial charge in [0.1, 0.15) is 6.54 Å². The Morgan fingerprint density at radius 3 is 2.65 bits per heavy atom. The van der Waals surface area contributed by atoms with E-state index in [4.69, 9.17) is 4.74 Å². The van der Waals surface area contributed by atoms with Gasteiger partial charge in [0.25, 0.3) is 0 Å². The third-order valence-electron chi connectivity index (χ3n) is 5.70. The first-order valence-corrected chi connectivity index (χ1v) is 12.2. The minimum atomic E-state index is -3.53. The Balaban J connectivity index is 1.43. The van der Waals surface area contributed by atoms with Crippen LogP contribution >= 0.6 is 0 Å². The third-order valence-corrected chi connectivity index (χ3v) is 7.24. The monoisotopic (exact) mass is 455 g/mol. The fourth-order valence-electron chi connectivity index (χ4n) is 3.34. The minimum absolute atomic E-state index is 0.0502. The molecular formula is C21H30FN3O5S. The summed E-state index contributed by atoms with van der Waals surface area (Å²) in [6.45, 7) is 4.71. The molecule has 1 heterocycles. The quantitative estimate of drug-likeness (QED) is 0.372. The zero-order chi connectivity index (χ0) is 22.6. The maximum Gasteiger partial charge on any atom is 0.324 e. The predicted molar refractivity (Wildman–Crippen MR) is 114 cm³/mol. The maximum atomic E-state index is 14.1. The molecule has 2 N–H and O–H groups in total. The first-order valence-electron chi connectivity index (χ1n) is 10.6. The topological polar surface area (TPSA) is 105 Å². The lowest BCUT2D eigenvalue weighted by molar-refractivity contribution is -0.118. The number of sulfonamides is 1. The van der Waals surface area contributed by atoms with Gasteiger partial charge in [0.2, 0.25) is 15.9 Å². The number of carbonyl (C=O) groups is 2. The van der Waals surface area contributed by atoms with Gasteiger partial charge in [-0.1, -0.05) is 19.4 Å². The molecule has 0 spiro atoms. The average molecular weight is 456 g/mol. The number of halogens is 1. The van der Waals surface area contributed by atoms with Crippen LogP contribution in [0.25, 0.3) is 0 Å². The summed E-state index contributed by atoms with van der Waals surface area (Å²) in [4.78, 5) is 24.0. The Morgan fingerprint density at radius 2 is 2.00 bits per heavy atom. The normalized spacial score (nSPS) is 18.7. The van der Waals surface area contributed by atoms with Crippen LogP contribution in [-0.2, 0) is 14.8 Å². The highest BCUT2D eigenvalue weighted by Crippen LogP contribution is 2.45. The van der Waals surface area contributed by atoms with Crippen LogP contribution in [0.4, 0.5) is 9.18 Å². The molecule has 1 aromatic rings. The second kappa shape index (κ2) is 9.52. The van der Waals surface area contributed by atoms with E-state index in [1.807, 2.05) is 0 Å². The number of amides is 3. The number of nitrogens with zero attached hydrogens (tertiary/aromatic N) is 1. The molecule has 1 aliphatic carbocycles. The molecule has 8 nitrogen and oxygen atoms in total. The molecule has 3 amide bonds. The molecule has 0 aromatic heterocycles. The highest BCUT2D eigenvalue weighted by Gasteiger charge is 2.38. The first kappa shape index (κ1) is 23.5. The molecule has 10 heteroatoms. The number of imide groups is 1. The number of hydrogen-bond acceptors (Lipinski definition) is 5. The van der Waals surface area contributed by atoms with Crippen molar-refractivity contribution in [3.05, 3.63) is 29.6 Å². The van der Waals surface area contributed by atoms with Crippen LogP contribution in [-0.4, -0.2) is 50.7 Å². The fourth-order valence-corrected chi connectivity index (χ4v) is 4.72. The Kier molecular flexibility index (Phi) is 7.20. The zero-order valence-electron chi connectivity index (χ0n) is 17.9. The Hall–Kier alpha value is -2.20. The number of unbranched alkanes of at least 4 members (excludes halogenated alkanes) is 2. The molecule has 1 aliphatic heterocycles. The van der Waals surface area contributed by atoms with E-state index in [0.717, 1.165) is 12.8 Å². The summed E-state index contributed by atoms with van der Waals surface area (Å²) in [5.41, 5.74) is 0.745. The lowest BCUT2D eigenvalue weighted by atomic mass is 10.1. The van der Waals surface area contributed by atoms with Gasteiger partial charge in [-0.15, -0.1) is 0 Å². The van der Waals surface area contributed by atoms with Gasteiger partial charge in [-0.05, 0) is 50.3 Å². The summed E-state index contributed by atoms with van der Waals surface area (Å²) in [6, 6.07) is 3.47. The van der Waals surface area contributed by atoms with Crippen molar-refractivity contribution in [1.82, 2.24) is 14.9 Å². The van der Waals surface area contributed by atoms with Crippen molar-refractivity contribution >= 4 is 22.0 Å². The molecular weight excluding hydrogens is 425 g/mol. The number of rotatable bonds is 12. The lowest BCUT2D eigenvalue weighted by Crippen LogP contribution is -2.30. The van der Waals surface area contributed by atoms with E-state index >= 15 is 0 Å². The molecule has 0 radical (unpaired) electrons. The van der Waals surface area contributed by atoms with Gasteiger partial charge >= 0.3 is 6.03 Å². The van der Waals surface area contributed by atoms with Crippen molar-refractivity contribution in [2.75, 3.05) is 25.4 Å². The van der Waals surface area contributed by atoms with Crippen LogP contribution in [0.1, 0.15) is 57.6 Å². The first-order chi connectivity index (χ1) is 14.6. The van der Waals surface area contributed by atoms with E-state index < -0.39 is 27.9 Å². The Morgan fingerprint density at radius 1 is 1.26 bits per heavy atom. The van der Waals surface area contributed by atoms with Crippen molar-refractivity contribution in [3.63, 3.8) is 0 Å². The van der Waals surface area contributed by atoms with Crippen molar-refractivity contribution in [2.45, 2.75) is 52.0 Å². The molecule has 2 fully saturated rings. The van der Waals surface area contributed by atoms with Crippen molar-refractivity contribution < 1.29 is 27.1 Å². The fraction of sp³-hybridized carbons (Fsp3) is 0.619. The van der Waals surface area contributed by atoms with Gasteiger partial charge in [-0.2, -0.15) is 0 Å². The summed E-state index contributed by atoms with van der Waals surface area (Å²) in [5, 5.41) is 2.20. The SMILES string of the molecule is C[C@@H](NS(=O)(=O)CCCCCN1CC(=O)NC1=O)c1ccc(F)c(OCC2(C)CC2)c1. The number of urea groups is 1. The van der Waals surface area contributed by atoms with E-state index in [1.54, 1.807) is 19.1 Å². The van der Waals surface area contributed by atoms with Gasteiger partial charge in [0, 0.05) is 18.0 Å². The second-order valence-electron chi connectivity index (χ2n) is 8.78. The smallest absolute Gasteiger partial charge is 0.324 e. The average Bonchev–Trinajstić information content (AvgIpc) is 3.34. The minimum Gasteiger partial charge on any atom is -0.490 e. The highest BCUT2D eigenvalue weighted by atomic mass is 32.2. The molecule has 0 unspecified atom stereocenters. The van der Waals surface area contributed by atoms with E-state index in [9.17, 15) is 22.4 Å². The van der Waals surface area contributed by atoms with Crippen LogP contribution in [0.2, 0.25) is 0 Å². The Labute approximate surface area is 182 Å². The summed E-state index contributed by atoms with van der Waals surface area (Å²) in [7, 11) is -3.53. The standard InChI is InChI=1S/C21H30FN3O5S/c1-15(16-6-7-17(22)18(12-16)30-14-21(2)8-9-21)24-31(28,29)11-5-3-4-10-25-13-19(26)23-20(25)27/h6-7,12,15,24H,3-5,8-11,13-14H2,1-2H3,(H,23,26,27)/t15-/m1/s1. The molecule has 2 aliphatic rings. The lowest BCUT2D eigenvalue weighted by Gasteiger charge is -2.17. The number of nitrogens with one attached hydrogen (secondary N) is 2. The molecule has 1 saturated heterocycles. The van der Waals surface area contributed by atoms with E-state index in [2.05, 4.69) is 17.0 Å². The van der Waals surface area contributed by atoms with Gasteiger partial charge in [0.15, 0.2) is 11.6 Å². The van der Waals surface area contributed by atoms with Crippen LogP contribution in [0.5, 0.6) is 5.75 Å². The summed E-state index contributed by atoms with van der Waals surface area (Å²) in [5.74, 6) is -0.690. The molecule has 1 aromatic carbocycles.